The number of nitriles is 1. The van der Waals surface area contributed by atoms with Crippen molar-refractivity contribution in [2.75, 3.05) is 7.11 Å². The van der Waals surface area contributed by atoms with E-state index >= 15 is 0 Å². The fraction of sp³-hybridized carbons (Fsp3) is 0.118. The number of guanidine groups is 1. The summed E-state index contributed by atoms with van der Waals surface area (Å²) in [5, 5.41) is 31.4. The molecular formula is C17H16N4O3. The highest BCUT2D eigenvalue weighted by Gasteiger charge is 2.13. The number of hydrogen-bond donors (Lipinski definition) is 4. The first-order chi connectivity index (χ1) is 11.5. The van der Waals surface area contributed by atoms with Crippen molar-refractivity contribution >= 4 is 11.9 Å². The van der Waals surface area contributed by atoms with E-state index in [1.54, 1.807) is 19.2 Å². The number of amides is 1. The van der Waals surface area contributed by atoms with Crippen LogP contribution in [0, 0.1) is 16.7 Å². The highest BCUT2D eigenvalue weighted by molar-refractivity contribution is 6.06. The minimum absolute atomic E-state index is 0.0648. The predicted octanol–water partition coefficient (Wildman–Crippen LogP) is 1.73. The summed E-state index contributed by atoms with van der Waals surface area (Å²) in [6.07, 6.45) is 0. The van der Waals surface area contributed by atoms with Crippen molar-refractivity contribution in [2.45, 2.75) is 6.54 Å². The summed E-state index contributed by atoms with van der Waals surface area (Å²) in [7, 11) is 1.58. The second-order valence-electron chi connectivity index (χ2n) is 4.87. The third-order valence-corrected chi connectivity index (χ3v) is 3.24. The molecule has 0 heterocycles. The zero-order chi connectivity index (χ0) is 17.5. The number of aromatic hydroxyl groups is 1. The smallest absolute Gasteiger partial charge is 0.261 e. The van der Waals surface area contributed by atoms with Crippen LogP contribution in [0.5, 0.6) is 11.5 Å². The Kier molecular flexibility index (Phi) is 5.36. The van der Waals surface area contributed by atoms with Gasteiger partial charge in [0.25, 0.3) is 5.91 Å². The van der Waals surface area contributed by atoms with E-state index in [2.05, 4.69) is 10.6 Å². The van der Waals surface area contributed by atoms with Gasteiger partial charge in [-0.1, -0.05) is 12.1 Å². The number of hydrogen-bond acceptors (Lipinski definition) is 5. The van der Waals surface area contributed by atoms with E-state index in [1.165, 1.54) is 18.2 Å². The summed E-state index contributed by atoms with van der Waals surface area (Å²) in [4.78, 5) is 12.1. The molecule has 24 heavy (non-hydrogen) atoms. The predicted molar refractivity (Wildman–Crippen MR) is 87.8 cm³/mol. The van der Waals surface area contributed by atoms with Gasteiger partial charge in [-0.3, -0.25) is 15.5 Å². The van der Waals surface area contributed by atoms with Crippen LogP contribution in [0.4, 0.5) is 0 Å². The normalized spacial score (nSPS) is 9.67. The van der Waals surface area contributed by atoms with Crippen molar-refractivity contribution in [3.63, 3.8) is 0 Å². The van der Waals surface area contributed by atoms with E-state index in [0.717, 1.165) is 11.3 Å². The van der Waals surface area contributed by atoms with Gasteiger partial charge in [0, 0.05) is 6.54 Å². The highest BCUT2D eigenvalue weighted by atomic mass is 16.5. The molecule has 0 aliphatic heterocycles. The lowest BCUT2D eigenvalue weighted by atomic mass is 10.1. The molecule has 4 N–H and O–H groups in total. The van der Waals surface area contributed by atoms with E-state index in [-0.39, 0.29) is 22.8 Å². The number of benzene rings is 2. The molecule has 122 valence electrons. The number of nitrogens with one attached hydrogen (secondary N) is 3. The Morgan fingerprint density at radius 3 is 2.62 bits per heavy atom. The summed E-state index contributed by atoms with van der Waals surface area (Å²) in [5.74, 6) is -0.404. The Bertz CT molecular complexity index is 794. The Hall–Kier alpha value is -3.53. The van der Waals surface area contributed by atoms with Crippen molar-refractivity contribution in [1.82, 2.24) is 10.6 Å². The number of nitrogens with zero attached hydrogens (tertiary/aromatic N) is 1. The first-order valence-electron chi connectivity index (χ1n) is 7.03. The fourth-order valence-corrected chi connectivity index (χ4v) is 1.95. The molecule has 0 unspecified atom stereocenters. The zero-order valence-electron chi connectivity index (χ0n) is 13.0. The fourth-order valence-electron chi connectivity index (χ4n) is 1.95. The van der Waals surface area contributed by atoms with Gasteiger partial charge >= 0.3 is 0 Å². The van der Waals surface area contributed by atoms with Gasteiger partial charge < -0.3 is 15.2 Å². The zero-order valence-corrected chi connectivity index (χ0v) is 13.0. The summed E-state index contributed by atoms with van der Waals surface area (Å²) >= 11 is 0. The van der Waals surface area contributed by atoms with E-state index < -0.39 is 5.91 Å². The number of phenolic OH excluding ortho intramolecular Hbond substituents is 1. The first-order valence-corrected chi connectivity index (χ1v) is 7.03. The number of rotatable bonds is 4. The summed E-state index contributed by atoms with van der Waals surface area (Å²) in [6, 6.07) is 13.1. The molecule has 7 nitrogen and oxygen atoms in total. The minimum atomic E-state index is -0.670. The van der Waals surface area contributed by atoms with E-state index in [9.17, 15) is 9.90 Å². The molecule has 0 saturated carbocycles. The van der Waals surface area contributed by atoms with E-state index in [4.69, 9.17) is 15.4 Å². The quantitative estimate of drug-likeness (QED) is 0.504. The Morgan fingerprint density at radius 2 is 2.00 bits per heavy atom. The van der Waals surface area contributed by atoms with Gasteiger partial charge in [-0.15, -0.1) is 0 Å². The lowest BCUT2D eigenvalue weighted by Crippen LogP contribution is -2.39. The molecule has 0 aliphatic carbocycles. The highest BCUT2D eigenvalue weighted by Crippen LogP contribution is 2.18. The maximum atomic E-state index is 12.1. The third-order valence-electron chi connectivity index (χ3n) is 3.24. The molecule has 2 aromatic carbocycles. The summed E-state index contributed by atoms with van der Waals surface area (Å²) < 4.78 is 5.06. The molecule has 0 fully saturated rings. The van der Waals surface area contributed by atoms with E-state index in [1.807, 2.05) is 18.2 Å². The van der Waals surface area contributed by atoms with Crippen molar-refractivity contribution < 1.29 is 14.6 Å². The number of carbonyl (C=O) groups is 1. The molecule has 0 saturated heterocycles. The largest absolute Gasteiger partial charge is 0.507 e. The van der Waals surface area contributed by atoms with Crippen LogP contribution in [0.2, 0.25) is 0 Å². The van der Waals surface area contributed by atoms with Crippen LogP contribution < -0.4 is 15.4 Å². The van der Waals surface area contributed by atoms with Crippen LogP contribution in [-0.4, -0.2) is 24.1 Å². The minimum Gasteiger partial charge on any atom is -0.507 e. The van der Waals surface area contributed by atoms with Gasteiger partial charge in [-0.25, -0.2) is 0 Å². The summed E-state index contributed by atoms with van der Waals surface area (Å²) in [5.41, 5.74) is 1.09. The maximum absolute atomic E-state index is 12.1. The molecule has 1 amide bonds. The second kappa shape index (κ2) is 7.65. The maximum Gasteiger partial charge on any atom is 0.261 e. The molecule has 0 radical (unpaired) electrons. The van der Waals surface area contributed by atoms with Crippen LogP contribution in [0.1, 0.15) is 21.5 Å². The molecule has 2 aromatic rings. The Balaban J connectivity index is 1.94. The van der Waals surface area contributed by atoms with Gasteiger partial charge in [-0.2, -0.15) is 5.26 Å². The molecule has 0 bridgehead atoms. The van der Waals surface area contributed by atoms with Gasteiger partial charge in [0.2, 0.25) is 0 Å². The SMILES string of the molecule is COc1ccc(CNC(=N)NC(=O)c2cc(C#N)ccc2O)cc1. The average Bonchev–Trinajstić information content (AvgIpc) is 2.60. The van der Waals surface area contributed by atoms with Crippen LogP contribution in [0.25, 0.3) is 0 Å². The van der Waals surface area contributed by atoms with Gasteiger partial charge in [0.1, 0.15) is 11.5 Å². The van der Waals surface area contributed by atoms with Gasteiger partial charge in [-0.05, 0) is 35.9 Å². The molecule has 0 atom stereocenters. The third kappa shape index (κ3) is 4.24. The summed E-state index contributed by atoms with van der Waals surface area (Å²) in [6.45, 7) is 0.341. The lowest BCUT2D eigenvalue weighted by Gasteiger charge is -2.11. The monoisotopic (exact) mass is 324 g/mol. The average molecular weight is 324 g/mol. The van der Waals surface area contributed by atoms with Crippen LogP contribution >= 0.6 is 0 Å². The van der Waals surface area contributed by atoms with Crippen molar-refractivity contribution in [3.8, 4) is 17.6 Å². The first kappa shape index (κ1) is 16.8. The van der Waals surface area contributed by atoms with Gasteiger partial charge in [0.05, 0.1) is 24.3 Å². The molecule has 0 spiro atoms. The number of phenols is 1. The van der Waals surface area contributed by atoms with E-state index in [0.29, 0.717) is 6.54 Å². The number of carbonyl (C=O) groups excluding carboxylic acids is 1. The van der Waals surface area contributed by atoms with Crippen LogP contribution in [-0.2, 0) is 6.54 Å². The van der Waals surface area contributed by atoms with Crippen molar-refractivity contribution in [1.29, 1.82) is 10.7 Å². The molecule has 2 rings (SSSR count). The van der Waals surface area contributed by atoms with Crippen LogP contribution in [0.3, 0.4) is 0 Å². The van der Waals surface area contributed by atoms with Crippen molar-refractivity contribution in [2.24, 2.45) is 0 Å². The standard InChI is InChI=1S/C17H16N4O3/c1-24-13-5-2-11(3-6-13)10-20-17(19)21-16(23)14-8-12(9-18)4-7-15(14)22/h2-8,22H,10H2,1H3,(H3,19,20,21,23). The Morgan fingerprint density at radius 1 is 1.29 bits per heavy atom. The molecule has 0 aliphatic rings. The molecular weight excluding hydrogens is 308 g/mol. The van der Waals surface area contributed by atoms with Crippen molar-refractivity contribution in [3.05, 3.63) is 59.2 Å². The molecule has 7 heteroatoms. The number of ether oxygens (including phenoxy) is 1. The van der Waals surface area contributed by atoms with Gasteiger partial charge in [0.15, 0.2) is 5.96 Å². The second-order valence-corrected chi connectivity index (χ2v) is 4.87. The Labute approximate surface area is 139 Å². The topological polar surface area (TPSA) is 118 Å². The molecule has 0 aromatic heterocycles. The lowest BCUT2D eigenvalue weighted by molar-refractivity contribution is 0.0973. The van der Waals surface area contributed by atoms with Crippen LogP contribution in [0.15, 0.2) is 42.5 Å². The number of methoxy groups -OCH3 is 1.